The Labute approximate surface area is 158 Å². The second-order valence-electron chi connectivity index (χ2n) is 5.02. The fraction of sp³-hybridized carbons (Fsp3) is 0.824. The van der Waals surface area contributed by atoms with Crippen LogP contribution in [0.15, 0.2) is 0 Å². The minimum Gasteiger partial charge on any atom is -0.358 e. The second kappa shape index (κ2) is 21.8. The molecule has 0 saturated heterocycles. The highest BCUT2D eigenvalue weighted by atomic mass is 32.1. The first-order chi connectivity index (χ1) is 11.1. The van der Waals surface area contributed by atoms with Gasteiger partial charge in [-0.15, -0.1) is 0 Å². The fourth-order valence-electron chi connectivity index (χ4n) is 1.92. The summed E-state index contributed by atoms with van der Waals surface area (Å²) in [6.07, 6.45) is 7.09. The summed E-state index contributed by atoms with van der Waals surface area (Å²) in [5.74, 6) is -0.129. The fourth-order valence-corrected chi connectivity index (χ4v) is 1.92. The Morgan fingerprint density at radius 2 is 1.17 bits per heavy atom. The molecule has 150 valence electrons. The summed E-state index contributed by atoms with van der Waals surface area (Å²) in [5, 5.41) is 7.80. The standard InChI is InChI=1S/C15H29N3O3.C2H6.H2S.3H2/c1-3-17-13(19)10-8-6-4-5-7-9-11-14(20)18-12-15(21)16-2;1-2;;;;/h3-12H2,1-2H3,(H,16,21)(H,17,19)(H,18,20);1-2H3;1H2;3*1H. The molecule has 0 bridgehead atoms. The lowest BCUT2D eigenvalue weighted by Gasteiger charge is -2.04. The highest BCUT2D eigenvalue weighted by Crippen LogP contribution is 2.08. The largest absolute Gasteiger partial charge is 0.358 e. The van der Waals surface area contributed by atoms with Crippen molar-refractivity contribution in [3.05, 3.63) is 0 Å². The number of likely N-dealkylation sites (N-methyl/N-ethyl adjacent to an activating group) is 1. The summed E-state index contributed by atoms with van der Waals surface area (Å²) < 4.78 is 0. The molecule has 0 atom stereocenters. The van der Waals surface area contributed by atoms with Gasteiger partial charge in [-0.05, 0) is 19.8 Å². The SMILES string of the molecule is CC.CCNC(=O)CCCCCCCCC(=O)NCC(=O)NC.S.[HH].[HH].[HH]. The van der Waals surface area contributed by atoms with Gasteiger partial charge in [0.25, 0.3) is 0 Å². The van der Waals surface area contributed by atoms with Crippen molar-refractivity contribution in [3.63, 3.8) is 0 Å². The molecule has 0 fully saturated rings. The zero-order valence-electron chi connectivity index (χ0n) is 15.8. The van der Waals surface area contributed by atoms with E-state index in [1.807, 2.05) is 20.8 Å². The third-order valence-corrected chi connectivity index (χ3v) is 3.16. The average molecular weight is 370 g/mol. The van der Waals surface area contributed by atoms with Gasteiger partial charge in [-0.2, -0.15) is 13.5 Å². The van der Waals surface area contributed by atoms with Crippen LogP contribution in [0.3, 0.4) is 0 Å². The van der Waals surface area contributed by atoms with Gasteiger partial charge in [0.15, 0.2) is 0 Å². The third-order valence-electron chi connectivity index (χ3n) is 3.16. The van der Waals surface area contributed by atoms with Crippen molar-refractivity contribution in [2.75, 3.05) is 20.1 Å². The summed E-state index contributed by atoms with van der Waals surface area (Å²) in [5.41, 5.74) is 0. The van der Waals surface area contributed by atoms with Crippen LogP contribution in [-0.2, 0) is 14.4 Å². The number of hydrogen-bond donors (Lipinski definition) is 3. The van der Waals surface area contributed by atoms with E-state index in [0.29, 0.717) is 19.4 Å². The van der Waals surface area contributed by atoms with Crippen molar-refractivity contribution in [2.45, 2.75) is 72.1 Å². The molecule has 7 heteroatoms. The van der Waals surface area contributed by atoms with Crippen LogP contribution >= 0.6 is 13.5 Å². The molecule has 0 spiro atoms. The summed E-state index contributed by atoms with van der Waals surface area (Å²) in [6.45, 7) is 6.67. The molecule has 0 saturated carbocycles. The molecular weight excluding hydrogens is 326 g/mol. The minimum absolute atomic E-state index is 0. The van der Waals surface area contributed by atoms with Gasteiger partial charge in [0.05, 0.1) is 6.54 Å². The van der Waals surface area contributed by atoms with Crippen molar-refractivity contribution in [3.8, 4) is 0 Å². The van der Waals surface area contributed by atoms with Gasteiger partial charge in [0.2, 0.25) is 17.7 Å². The number of unbranched alkanes of at least 4 members (excludes halogenated alkanes) is 5. The van der Waals surface area contributed by atoms with Crippen LogP contribution in [0.4, 0.5) is 0 Å². The van der Waals surface area contributed by atoms with E-state index < -0.39 is 0 Å². The van der Waals surface area contributed by atoms with Crippen molar-refractivity contribution in [2.24, 2.45) is 0 Å². The van der Waals surface area contributed by atoms with Gasteiger partial charge in [-0.25, -0.2) is 0 Å². The van der Waals surface area contributed by atoms with Crippen LogP contribution in [0, 0.1) is 0 Å². The predicted octanol–water partition coefficient (Wildman–Crippen LogP) is 2.98. The van der Waals surface area contributed by atoms with E-state index in [4.69, 9.17) is 0 Å². The Morgan fingerprint density at radius 3 is 1.58 bits per heavy atom. The van der Waals surface area contributed by atoms with Crippen molar-refractivity contribution in [1.29, 1.82) is 0 Å². The highest BCUT2D eigenvalue weighted by molar-refractivity contribution is 7.59. The lowest BCUT2D eigenvalue weighted by Crippen LogP contribution is -2.34. The molecule has 0 aliphatic carbocycles. The Kier molecular flexibility index (Phi) is 25.0. The van der Waals surface area contributed by atoms with Crippen LogP contribution in [0.1, 0.15) is 76.4 Å². The zero-order chi connectivity index (χ0) is 17.9. The van der Waals surface area contributed by atoms with Crippen molar-refractivity contribution < 1.29 is 18.7 Å². The van der Waals surface area contributed by atoms with Crippen LogP contribution in [0.5, 0.6) is 0 Å². The molecular formula is C17H43N3O3S. The quantitative estimate of drug-likeness (QED) is 0.462. The molecule has 0 radical (unpaired) electrons. The second-order valence-corrected chi connectivity index (χ2v) is 5.02. The van der Waals surface area contributed by atoms with E-state index in [1.165, 1.54) is 0 Å². The molecule has 24 heavy (non-hydrogen) atoms. The molecule has 0 aliphatic heterocycles. The number of hydrogen-bond acceptors (Lipinski definition) is 3. The maximum atomic E-state index is 11.4. The van der Waals surface area contributed by atoms with E-state index in [2.05, 4.69) is 16.0 Å². The van der Waals surface area contributed by atoms with Crippen molar-refractivity contribution in [1.82, 2.24) is 16.0 Å². The average Bonchev–Trinajstić information content (AvgIpc) is 2.57. The molecule has 3 amide bonds. The Balaban J connectivity index is -0.000000177. The smallest absolute Gasteiger partial charge is 0.239 e. The molecule has 0 aliphatic rings. The predicted molar refractivity (Wildman–Crippen MR) is 111 cm³/mol. The number of rotatable bonds is 12. The molecule has 0 unspecified atom stereocenters. The van der Waals surface area contributed by atoms with Crippen LogP contribution < -0.4 is 16.0 Å². The van der Waals surface area contributed by atoms with Gasteiger partial charge in [-0.3, -0.25) is 14.4 Å². The van der Waals surface area contributed by atoms with Crippen molar-refractivity contribution >= 4 is 31.2 Å². The van der Waals surface area contributed by atoms with Crippen LogP contribution in [0.25, 0.3) is 0 Å². The third kappa shape index (κ3) is 20.8. The molecule has 3 N–H and O–H groups in total. The number of carbonyl (C=O) groups is 3. The van der Waals surface area contributed by atoms with Crippen LogP contribution in [0.2, 0.25) is 0 Å². The summed E-state index contributed by atoms with van der Waals surface area (Å²) >= 11 is 0. The first-order valence-electron chi connectivity index (χ1n) is 8.84. The molecule has 0 aromatic rings. The Hall–Kier alpha value is -1.24. The van der Waals surface area contributed by atoms with E-state index in [9.17, 15) is 14.4 Å². The van der Waals surface area contributed by atoms with Crippen LogP contribution in [-0.4, -0.2) is 37.9 Å². The monoisotopic (exact) mass is 369 g/mol. The van der Waals surface area contributed by atoms with E-state index in [-0.39, 0.29) is 42.0 Å². The molecule has 0 aromatic heterocycles. The lowest BCUT2D eigenvalue weighted by atomic mass is 10.1. The minimum atomic E-state index is -0.185. The summed E-state index contributed by atoms with van der Waals surface area (Å²) in [4.78, 5) is 33.5. The van der Waals surface area contributed by atoms with E-state index >= 15 is 0 Å². The van der Waals surface area contributed by atoms with Gasteiger partial charge in [-0.1, -0.05) is 39.5 Å². The Bertz CT molecular complexity index is 340. The van der Waals surface area contributed by atoms with Gasteiger partial charge >= 0.3 is 0 Å². The highest BCUT2D eigenvalue weighted by Gasteiger charge is 2.03. The van der Waals surface area contributed by atoms with E-state index in [0.717, 1.165) is 38.5 Å². The normalized spacial score (nSPS) is 9.00. The lowest BCUT2D eigenvalue weighted by molar-refractivity contribution is -0.125. The topological polar surface area (TPSA) is 87.3 Å². The number of carbonyl (C=O) groups excluding carboxylic acids is 3. The number of nitrogens with one attached hydrogen (secondary N) is 3. The Morgan fingerprint density at radius 1 is 0.750 bits per heavy atom. The molecule has 0 rings (SSSR count). The summed E-state index contributed by atoms with van der Waals surface area (Å²) in [7, 11) is 1.54. The number of amides is 3. The van der Waals surface area contributed by atoms with Gasteiger partial charge in [0, 0.05) is 30.7 Å². The summed E-state index contributed by atoms with van der Waals surface area (Å²) in [6, 6.07) is 0. The molecule has 0 aromatic carbocycles. The zero-order valence-corrected chi connectivity index (χ0v) is 16.8. The van der Waals surface area contributed by atoms with E-state index in [1.54, 1.807) is 7.05 Å². The van der Waals surface area contributed by atoms with Gasteiger partial charge < -0.3 is 16.0 Å². The first-order valence-corrected chi connectivity index (χ1v) is 8.84. The maximum absolute atomic E-state index is 11.4. The van der Waals surface area contributed by atoms with Gasteiger partial charge in [0.1, 0.15) is 0 Å². The molecule has 0 heterocycles. The molecule has 6 nitrogen and oxygen atoms in total. The first kappa shape index (κ1) is 27.6. The maximum Gasteiger partial charge on any atom is 0.239 e.